The molecule has 0 aliphatic heterocycles. The third-order valence-electron chi connectivity index (χ3n) is 2.98. The molecule has 0 unspecified atom stereocenters. The van der Waals surface area contributed by atoms with Crippen LogP contribution in [0.3, 0.4) is 0 Å². The third-order valence-corrected chi connectivity index (χ3v) is 3.89. The molecule has 1 amide bonds. The number of aryl methyl sites for hydroxylation is 1. The van der Waals surface area contributed by atoms with E-state index in [1.807, 2.05) is 0 Å². The first-order valence-corrected chi connectivity index (χ1v) is 7.35. The number of aromatic nitrogens is 2. The van der Waals surface area contributed by atoms with Gasteiger partial charge in [-0.25, -0.2) is 0 Å². The second kappa shape index (κ2) is 6.48. The number of Topliss-reactive ketones (excluding diaryl/α,β-unsaturated/α-hetero) is 1. The van der Waals surface area contributed by atoms with Crippen molar-refractivity contribution in [2.75, 3.05) is 0 Å². The fraction of sp³-hybridized carbons (Fsp3) is 0.308. The van der Waals surface area contributed by atoms with E-state index < -0.39 is 16.9 Å². The molecule has 2 aromatic heterocycles. The number of amides is 1. The lowest BCUT2D eigenvalue weighted by molar-refractivity contribution is -0.385. The lowest BCUT2D eigenvalue weighted by atomic mass is 10.1. The standard InChI is InChI=1S/C13H14N4O4S/c1-7(6-9(18)10-4-3-5-22-10)14-13(19)11-12(17(20)21)8(2)15-16-11/h3-5,7H,6H2,1-2H3,(H,14,19)(H,15,16)/t7-/m0/s1. The monoisotopic (exact) mass is 322 g/mol. The highest BCUT2D eigenvalue weighted by molar-refractivity contribution is 7.12. The van der Waals surface area contributed by atoms with Gasteiger partial charge < -0.3 is 5.32 Å². The van der Waals surface area contributed by atoms with Crippen molar-refractivity contribution < 1.29 is 14.5 Å². The van der Waals surface area contributed by atoms with Crippen LogP contribution >= 0.6 is 11.3 Å². The van der Waals surface area contributed by atoms with E-state index in [0.717, 1.165) is 0 Å². The van der Waals surface area contributed by atoms with Crippen molar-refractivity contribution in [3.63, 3.8) is 0 Å². The Morgan fingerprint density at radius 3 is 2.86 bits per heavy atom. The highest BCUT2D eigenvalue weighted by Crippen LogP contribution is 2.20. The molecule has 22 heavy (non-hydrogen) atoms. The largest absolute Gasteiger partial charge is 0.348 e. The summed E-state index contributed by atoms with van der Waals surface area (Å²) in [5.74, 6) is -0.766. The molecular formula is C13H14N4O4S. The molecule has 2 N–H and O–H groups in total. The van der Waals surface area contributed by atoms with Crippen molar-refractivity contribution >= 4 is 28.7 Å². The summed E-state index contributed by atoms with van der Waals surface area (Å²) in [6, 6.07) is 3.03. The molecular weight excluding hydrogens is 308 g/mol. The van der Waals surface area contributed by atoms with E-state index in [-0.39, 0.29) is 29.3 Å². The van der Waals surface area contributed by atoms with E-state index in [4.69, 9.17) is 0 Å². The third kappa shape index (κ3) is 3.37. The number of rotatable bonds is 6. The fourth-order valence-corrected chi connectivity index (χ4v) is 2.64. The zero-order valence-corrected chi connectivity index (χ0v) is 12.8. The van der Waals surface area contributed by atoms with Gasteiger partial charge in [0, 0.05) is 12.5 Å². The average Bonchev–Trinajstić information content (AvgIpc) is 3.06. The van der Waals surface area contributed by atoms with Crippen LogP contribution in [0.4, 0.5) is 5.69 Å². The van der Waals surface area contributed by atoms with Gasteiger partial charge in [-0.3, -0.25) is 24.8 Å². The summed E-state index contributed by atoms with van der Waals surface area (Å²) >= 11 is 1.33. The Balaban J connectivity index is 2.03. The first-order valence-electron chi connectivity index (χ1n) is 6.47. The summed E-state index contributed by atoms with van der Waals surface area (Å²) in [6.45, 7) is 3.13. The van der Waals surface area contributed by atoms with Crippen molar-refractivity contribution in [2.45, 2.75) is 26.3 Å². The number of hydrogen-bond donors (Lipinski definition) is 2. The molecule has 0 aliphatic rings. The van der Waals surface area contributed by atoms with Gasteiger partial charge >= 0.3 is 5.69 Å². The molecule has 2 aromatic rings. The predicted molar refractivity (Wildman–Crippen MR) is 80.2 cm³/mol. The van der Waals surface area contributed by atoms with Crippen molar-refractivity contribution in [3.05, 3.63) is 43.9 Å². The maximum absolute atomic E-state index is 12.1. The first-order chi connectivity index (χ1) is 10.4. The molecule has 0 aromatic carbocycles. The molecule has 0 radical (unpaired) electrons. The normalized spacial score (nSPS) is 11.9. The molecule has 0 saturated heterocycles. The number of carbonyl (C=O) groups excluding carboxylic acids is 2. The van der Waals surface area contributed by atoms with Crippen LogP contribution in [0.1, 0.15) is 39.2 Å². The smallest absolute Gasteiger partial charge is 0.322 e. The van der Waals surface area contributed by atoms with Gasteiger partial charge in [-0.05, 0) is 25.3 Å². The van der Waals surface area contributed by atoms with Crippen LogP contribution in [0.2, 0.25) is 0 Å². The minimum atomic E-state index is -0.678. The van der Waals surface area contributed by atoms with Gasteiger partial charge in [0.2, 0.25) is 5.69 Å². The number of nitrogens with one attached hydrogen (secondary N) is 2. The molecule has 8 nitrogen and oxygen atoms in total. The summed E-state index contributed by atoms with van der Waals surface area (Å²) in [6.07, 6.45) is 0.115. The highest BCUT2D eigenvalue weighted by atomic mass is 32.1. The molecule has 1 atom stereocenters. The quantitative estimate of drug-likeness (QED) is 0.479. The Labute approximate surface area is 129 Å². The van der Waals surface area contributed by atoms with Gasteiger partial charge in [-0.2, -0.15) is 5.10 Å². The van der Waals surface area contributed by atoms with E-state index in [1.54, 1.807) is 24.4 Å². The molecule has 9 heteroatoms. The molecule has 0 saturated carbocycles. The number of nitro groups is 1. The van der Waals surface area contributed by atoms with Crippen LogP contribution in [-0.4, -0.2) is 32.9 Å². The number of nitrogens with zero attached hydrogens (tertiary/aromatic N) is 2. The maximum Gasteiger partial charge on any atom is 0.322 e. The molecule has 2 heterocycles. The van der Waals surface area contributed by atoms with Gasteiger partial charge in [-0.1, -0.05) is 6.07 Å². The summed E-state index contributed by atoms with van der Waals surface area (Å²) in [7, 11) is 0. The van der Waals surface area contributed by atoms with Crippen LogP contribution in [0.5, 0.6) is 0 Å². The second-order valence-electron chi connectivity index (χ2n) is 4.78. The Hall–Kier alpha value is -2.55. The fourth-order valence-electron chi connectivity index (χ4n) is 1.96. The van der Waals surface area contributed by atoms with Gasteiger partial charge in [0.05, 0.1) is 9.80 Å². The number of aromatic amines is 1. The summed E-state index contributed by atoms with van der Waals surface area (Å²) in [5, 5.41) is 21.4. The van der Waals surface area contributed by atoms with Crippen LogP contribution in [0.15, 0.2) is 17.5 Å². The molecule has 0 aliphatic carbocycles. The van der Waals surface area contributed by atoms with Crippen molar-refractivity contribution in [1.82, 2.24) is 15.5 Å². The van der Waals surface area contributed by atoms with Crippen LogP contribution in [0.25, 0.3) is 0 Å². The maximum atomic E-state index is 12.1. The summed E-state index contributed by atoms with van der Waals surface area (Å²) in [4.78, 5) is 34.9. The molecule has 116 valence electrons. The van der Waals surface area contributed by atoms with E-state index in [2.05, 4.69) is 15.5 Å². The van der Waals surface area contributed by atoms with E-state index in [1.165, 1.54) is 18.3 Å². The summed E-state index contributed by atoms with van der Waals surface area (Å²) in [5.41, 5.74) is -0.426. The van der Waals surface area contributed by atoms with E-state index >= 15 is 0 Å². The van der Waals surface area contributed by atoms with Gasteiger partial charge in [-0.15, -0.1) is 11.3 Å². The van der Waals surface area contributed by atoms with Gasteiger partial charge in [0.25, 0.3) is 5.91 Å². The lowest BCUT2D eigenvalue weighted by Crippen LogP contribution is -2.34. The van der Waals surface area contributed by atoms with Crippen LogP contribution in [0, 0.1) is 17.0 Å². The molecule has 0 spiro atoms. The predicted octanol–water partition coefficient (Wildman–Crippen LogP) is 2.08. The van der Waals surface area contributed by atoms with Crippen molar-refractivity contribution in [2.24, 2.45) is 0 Å². The number of H-pyrrole nitrogens is 1. The first kappa shape index (κ1) is 15.8. The van der Waals surface area contributed by atoms with E-state index in [0.29, 0.717) is 4.88 Å². The lowest BCUT2D eigenvalue weighted by Gasteiger charge is -2.11. The van der Waals surface area contributed by atoms with Gasteiger partial charge in [0.15, 0.2) is 5.78 Å². The number of hydrogen-bond acceptors (Lipinski definition) is 6. The average molecular weight is 322 g/mol. The molecule has 2 rings (SSSR count). The van der Waals surface area contributed by atoms with Crippen molar-refractivity contribution in [3.8, 4) is 0 Å². The Bertz CT molecular complexity index is 708. The minimum Gasteiger partial charge on any atom is -0.348 e. The SMILES string of the molecule is Cc1[nH]nc(C(=O)N[C@@H](C)CC(=O)c2cccs2)c1[N+](=O)[O-]. The molecule has 0 bridgehead atoms. The zero-order valence-electron chi connectivity index (χ0n) is 12.0. The Morgan fingerprint density at radius 2 is 2.27 bits per heavy atom. The Kier molecular flexibility index (Phi) is 4.66. The minimum absolute atomic E-state index is 0.0875. The van der Waals surface area contributed by atoms with Crippen molar-refractivity contribution in [1.29, 1.82) is 0 Å². The summed E-state index contributed by atoms with van der Waals surface area (Å²) < 4.78 is 0. The molecule has 0 fully saturated rings. The number of ketones is 1. The number of carbonyl (C=O) groups is 2. The van der Waals surface area contributed by atoms with E-state index in [9.17, 15) is 19.7 Å². The van der Waals surface area contributed by atoms with Crippen LogP contribution in [-0.2, 0) is 0 Å². The zero-order chi connectivity index (χ0) is 16.3. The Morgan fingerprint density at radius 1 is 1.55 bits per heavy atom. The second-order valence-corrected chi connectivity index (χ2v) is 5.73. The highest BCUT2D eigenvalue weighted by Gasteiger charge is 2.28. The number of thiophene rings is 1. The van der Waals surface area contributed by atoms with Gasteiger partial charge in [0.1, 0.15) is 5.69 Å². The van der Waals surface area contributed by atoms with Crippen LogP contribution < -0.4 is 5.32 Å². The topological polar surface area (TPSA) is 118 Å².